The molecule has 0 aromatic carbocycles. The molecule has 0 radical (unpaired) electrons. The Kier molecular flexibility index (Phi) is 7.35. The van der Waals surface area contributed by atoms with Crippen molar-refractivity contribution in [2.24, 2.45) is 0 Å². The van der Waals surface area contributed by atoms with Gasteiger partial charge < -0.3 is 10.1 Å². The lowest BCUT2D eigenvalue weighted by molar-refractivity contribution is -0.174. The van der Waals surface area contributed by atoms with Crippen molar-refractivity contribution in [2.45, 2.75) is 38.4 Å². The maximum Gasteiger partial charge on any atom is 0.411 e. The van der Waals surface area contributed by atoms with Gasteiger partial charge in [-0.3, -0.25) is 0 Å². The van der Waals surface area contributed by atoms with Gasteiger partial charge in [0.2, 0.25) is 0 Å². The molecule has 16 heavy (non-hydrogen) atoms. The van der Waals surface area contributed by atoms with Gasteiger partial charge in [-0.2, -0.15) is 13.2 Å². The molecule has 6 heteroatoms. The standard InChI is InChI=1S/C10H19ClF3NO/c1-9(2,4-5-11)15-6-3-7-16-8-10(12,13)14/h15H,3-8H2,1-2H3. The van der Waals surface area contributed by atoms with Gasteiger partial charge >= 0.3 is 6.18 Å². The first kappa shape index (κ1) is 16.0. The highest BCUT2D eigenvalue weighted by molar-refractivity contribution is 6.17. The molecule has 0 saturated carbocycles. The van der Waals surface area contributed by atoms with Gasteiger partial charge in [-0.1, -0.05) is 0 Å². The molecule has 0 unspecified atom stereocenters. The number of rotatable bonds is 8. The molecule has 2 nitrogen and oxygen atoms in total. The molecule has 0 bridgehead atoms. The molecular weight excluding hydrogens is 243 g/mol. The van der Waals surface area contributed by atoms with E-state index in [2.05, 4.69) is 10.1 Å². The second kappa shape index (κ2) is 7.35. The van der Waals surface area contributed by atoms with E-state index in [0.29, 0.717) is 18.8 Å². The molecule has 0 heterocycles. The van der Waals surface area contributed by atoms with Crippen LogP contribution >= 0.6 is 11.6 Å². The molecule has 0 aliphatic carbocycles. The van der Waals surface area contributed by atoms with E-state index in [0.717, 1.165) is 6.42 Å². The van der Waals surface area contributed by atoms with Crippen molar-refractivity contribution in [2.75, 3.05) is 25.6 Å². The van der Waals surface area contributed by atoms with E-state index in [1.807, 2.05) is 13.8 Å². The Bertz CT molecular complexity index is 185. The van der Waals surface area contributed by atoms with Gasteiger partial charge in [0.15, 0.2) is 0 Å². The monoisotopic (exact) mass is 261 g/mol. The Morgan fingerprint density at radius 3 is 2.38 bits per heavy atom. The van der Waals surface area contributed by atoms with Crippen LogP contribution in [0.25, 0.3) is 0 Å². The smallest absolute Gasteiger partial charge is 0.372 e. The molecule has 0 aliphatic heterocycles. The number of alkyl halides is 4. The van der Waals surface area contributed by atoms with Crippen LogP contribution in [0.15, 0.2) is 0 Å². The summed E-state index contributed by atoms with van der Waals surface area (Å²) in [6.45, 7) is 3.58. The third-order valence-electron chi connectivity index (χ3n) is 2.05. The van der Waals surface area contributed by atoms with E-state index in [1.54, 1.807) is 0 Å². The molecule has 0 saturated heterocycles. The van der Waals surface area contributed by atoms with Crippen molar-refractivity contribution < 1.29 is 17.9 Å². The van der Waals surface area contributed by atoms with Gasteiger partial charge in [0.25, 0.3) is 0 Å². The fourth-order valence-electron chi connectivity index (χ4n) is 1.11. The van der Waals surface area contributed by atoms with E-state index in [-0.39, 0.29) is 12.1 Å². The number of hydrogen-bond donors (Lipinski definition) is 1. The fourth-order valence-corrected chi connectivity index (χ4v) is 1.59. The average molecular weight is 262 g/mol. The second-order valence-corrected chi connectivity index (χ2v) is 4.65. The number of halogens is 4. The van der Waals surface area contributed by atoms with Gasteiger partial charge in [0.05, 0.1) is 0 Å². The van der Waals surface area contributed by atoms with Crippen LogP contribution in [0, 0.1) is 0 Å². The topological polar surface area (TPSA) is 21.3 Å². The van der Waals surface area contributed by atoms with Crippen molar-refractivity contribution in [3.63, 3.8) is 0 Å². The first-order chi connectivity index (χ1) is 7.27. The summed E-state index contributed by atoms with van der Waals surface area (Å²) in [5.41, 5.74) is -0.0776. The maximum absolute atomic E-state index is 11.7. The van der Waals surface area contributed by atoms with E-state index >= 15 is 0 Å². The summed E-state index contributed by atoms with van der Waals surface area (Å²) in [5, 5.41) is 3.21. The van der Waals surface area contributed by atoms with E-state index < -0.39 is 12.8 Å². The molecule has 0 fully saturated rings. The molecule has 0 spiro atoms. The predicted octanol–water partition coefficient (Wildman–Crippen LogP) is 2.95. The van der Waals surface area contributed by atoms with E-state index in [1.165, 1.54) is 0 Å². The van der Waals surface area contributed by atoms with Crippen LogP contribution in [0.2, 0.25) is 0 Å². The quantitative estimate of drug-likeness (QED) is 0.536. The molecule has 1 N–H and O–H groups in total. The third-order valence-corrected chi connectivity index (χ3v) is 2.24. The largest absolute Gasteiger partial charge is 0.411 e. The predicted molar refractivity (Wildman–Crippen MR) is 58.9 cm³/mol. The molecule has 98 valence electrons. The molecule has 0 atom stereocenters. The van der Waals surface area contributed by atoms with Gasteiger partial charge in [-0.05, 0) is 33.2 Å². The molecule has 0 aromatic rings. The lowest BCUT2D eigenvalue weighted by Crippen LogP contribution is -2.40. The van der Waals surface area contributed by atoms with E-state index in [4.69, 9.17) is 11.6 Å². The fraction of sp³-hybridized carbons (Fsp3) is 1.00. The summed E-state index contributed by atoms with van der Waals surface area (Å²) >= 11 is 5.61. The van der Waals surface area contributed by atoms with Crippen LogP contribution in [-0.4, -0.2) is 37.4 Å². The molecule has 0 aliphatic rings. The second-order valence-electron chi connectivity index (χ2n) is 4.27. The zero-order valence-electron chi connectivity index (χ0n) is 9.66. The summed E-state index contributed by atoms with van der Waals surface area (Å²) in [7, 11) is 0. The van der Waals surface area contributed by atoms with Gasteiger partial charge in [0.1, 0.15) is 6.61 Å². The van der Waals surface area contributed by atoms with Gasteiger partial charge in [-0.15, -0.1) is 11.6 Å². The van der Waals surface area contributed by atoms with Gasteiger partial charge in [-0.25, -0.2) is 0 Å². The Morgan fingerprint density at radius 1 is 1.25 bits per heavy atom. The lowest BCUT2D eigenvalue weighted by Gasteiger charge is -2.25. The summed E-state index contributed by atoms with van der Waals surface area (Å²) in [6, 6.07) is 0. The SMILES string of the molecule is CC(C)(CCCl)NCCCOCC(F)(F)F. The number of ether oxygens (including phenoxy) is 1. The van der Waals surface area contributed by atoms with Crippen molar-refractivity contribution in [1.29, 1.82) is 0 Å². The lowest BCUT2D eigenvalue weighted by atomic mass is 10.0. The van der Waals surface area contributed by atoms with Crippen LogP contribution in [0.1, 0.15) is 26.7 Å². The summed E-state index contributed by atoms with van der Waals surface area (Å²) in [4.78, 5) is 0. The minimum Gasteiger partial charge on any atom is -0.372 e. The van der Waals surface area contributed by atoms with Crippen LogP contribution in [-0.2, 0) is 4.74 Å². The highest BCUT2D eigenvalue weighted by atomic mass is 35.5. The molecule has 0 aromatic heterocycles. The van der Waals surface area contributed by atoms with Crippen LogP contribution in [0.5, 0.6) is 0 Å². The van der Waals surface area contributed by atoms with Crippen molar-refractivity contribution in [3.05, 3.63) is 0 Å². The Balaban J connectivity index is 3.40. The Hall–Kier alpha value is -0.0000000000000000555. The zero-order valence-corrected chi connectivity index (χ0v) is 10.4. The molecule has 0 amide bonds. The van der Waals surface area contributed by atoms with Crippen molar-refractivity contribution >= 4 is 11.6 Å². The highest BCUT2D eigenvalue weighted by Gasteiger charge is 2.27. The zero-order chi connectivity index (χ0) is 12.7. The third kappa shape index (κ3) is 10.5. The number of nitrogens with one attached hydrogen (secondary N) is 1. The Labute approximate surface area is 99.5 Å². The minimum absolute atomic E-state index is 0.0776. The average Bonchev–Trinajstić information content (AvgIpc) is 2.09. The van der Waals surface area contributed by atoms with Crippen molar-refractivity contribution in [1.82, 2.24) is 5.32 Å². The normalized spacial score (nSPS) is 13.1. The highest BCUT2D eigenvalue weighted by Crippen LogP contribution is 2.14. The summed E-state index contributed by atoms with van der Waals surface area (Å²) < 4.78 is 39.6. The summed E-state index contributed by atoms with van der Waals surface area (Å²) in [5.74, 6) is 0.560. The first-order valence-electron chi connectivity index (χ1n) is 5.22. The summed E-state index contributed by atoms with van der Waals surface area (Å²) in [6.07, 6.45) is -2.86. The number of hydrogen-bond acceptors (Lipinski definition) is 2. The Morgan fingerprint density at radius 2 is 1.88 bits per heavy atom. The van der Waals surface area contributed by atoms with E-state index in [9.17, 15) is 13.2 Å². The molecular formula is C10H19ClF3NO. The minimum atomic E-state index is -4.23. The van der Waals surface area contributed by atoms with Crippen molar-refractivity contribution in [3.8, 4) is 0 Å². The first-order valence-corrected chi connectivity index (χ1v) is 5.76. The van der Waals surface area contributed by atoms with Gasteiger partial charge in [0, 0.05) is 18.0 Å². The van der Waals surface area contributed by atoms with Crippen LogP contribution < -0.4 is 5.32 Å². The molecule has 0 rings (SSSR count). The van der Waals surface area contributed by atoms with Crippen LogP contribution in [0.4, 0.5) is 13.2 Å². The maximum atomic E-state index is 11.7. The van der Waals surface area contributed by atoms with Crippen LogP contribution in [0.3, 0.4) is 0 Å².